The number of carboxylic acids is 2. The second kappa shape index (κ2) is 15.4. The molecule has 2 aromatic rings. The van der Waals surface area contributed by atoms with E-state index in [2.05, 4.69) is 29.7 Å². The zero-order valence-corrected chi connectivity index (χ0v) is 26.0. The normalized spacial score (nSPS) is 25.5. The van der Waals surface area contributed by atoms with Crippen molar-refractivity contribution >= 4 is 17.8 Å². The van der Waals surface area contributed by atoms with Crippen molar-refractivity contribution in [2.75, 3.05) is 6.54 Å². The quantitative estimate of drug-likeness (QED) is 0.153. The Kier molecular flexibility index (Phi) is 11.8. The van der Waals surface area contributed by atoms with Crippen molar-refractivity contribution in [1.82, 2.24) is 10.6 Å². The molecule has 0 aromatic heterocycles. The number of aliphatic carboxylic acids is 2. The topological polar surface area (TPSA) is 217 Å². The zero-order valence-electron chi connectivity index (χ0n) is 26.0. The standard InChI is InChI=1S/C30H40N2O4.C4H6O6/c1-19(31-17-28(35)25-5-6-27(34)26(13-25)18-33)7-20-3-2-4-21(8-20)12-29(36)32-30-14-22-9-23(15-30)11-24(10-22)16-30;5-1(3(7)8)2(6)4(9)10/h2-6,8,13,19,22-24,28,31,33-35H,7,9-12,14-18H2,1H3,(H,32,36);1-2,5-6H,(H,7,8)(H,9,10)/t19-,22?,23?,24?,28+,30?;/m1./s1. The summed E-state index contributed by atoms with van der Waals surface area (Å²) in [6, 6.07) is 13.2. The van der Waals surface area contributed by atoms with E-state index in [0.29, 0.717) is 24.1 Å². The Morgan fingerprint density at radius 1 is 0.870 bits per heavy atom. The molecule has 6 rings (SSSR count). The molecule has 0 heterocycles. The number of aliphatic hydroxyl groups is 4. The van der Waals surface area contributed by atoms with E-state index in [9.17, 15) is 29.7 Å². The first kappa shape index (κ1) is 35.3. The van der Waals surface area contributed by atoms with Crippen LogP contribution < -0.4 is 10.6 Å². The number of phenols is 1. The van der Waals surface area contributed by atoms with Crippen LogP contribution in [0.2, 0.25) is 0 Å². The average Bonchev–Trinajstić information content (AvgIpc) is 2.98. The van der Waals surface area contributed by atoms with E-state index in [4.69, 9.17) is 20.4 Å². The van der Waals surface area contributed by atoms with Gasteiger partial charge in [0.1, 0.15) is 5.75 Å². The Morgan fingerprint density at radius 3 is 1.98 bits per heavy atom. The van der Waals surface area contributed by atoms with Crippen LogP contribution in [0.4, 0.5) is 0 Å². The summed E-state index contributed by atoms with van der Waals surface area (Å²) < 4.78 is 0. The summed E-state index contributed by atoms with van der Waals surface area (Å²) in [5.41, 5.74) is 3.32. The fourth-order valence-corrected chi connectivity index (χ4v) is 7.72. The number of rotatable bonds is 13. The van der Waals surface area contributed by atoms with Crippen molar-refractivity contribution in [2.45, 2.75) is 94.8 Å². The molecular formula is C34H46N2O10. The number of carbonyl (C=O) groups excluding carboxylic acids is 1. The van der Waals surface area contributed by atoms with Gasteiger partial charge < -0.3 is 46.4 Å². The molecule has 9 N–H and O–H groups in total. The second-order valence-corrected chi connectivity index (χ2v) is 13.4. The number of amides is 1. The highest BCUT2D eigenvalue weighted by Crippen LogP contribution is 2.55. The minimum atomic E-state index is -2.27. The van der Waals surface area contributed by atoms with Gasteiger partial charge in [-0.2, -0.15) is 0 Å². The predicted molar refractivity (Wildman–Crippen MR) is 167 cm³/mol. The number of carboxylic acid groups (broad SMARTS) is 2. The number of nitrogens with one attached hydrogen (secondary N) is 2. The number of hydrogen-bond donors (Lipinski definition) is 9. The monoisotopic (exact) mass is 642 g/mol. The lowest BCUT2D eigenvalue weighted by atomic mass is 9.53. The van der Waals surface area contributed by atoms with Crippen LogP contribution in [-0.4, -0.2) is 83.9 Å². The van der Waals surface area contributed by atoms with Crippen LogP contribution in [0.3, 0.4) is 0 Å². The fourth-order valence-electron chi connectivity index (χ4n) is 7.72. The molecule has 4 bridgehead atoms. The molecule has 46 heavy (non-hydrogen) atoms. The number of benzene rings is 2. The van der Waals surface area contributed by atoms with E-state index in [-0.39, 0.29) is 29.8 Å². The number of aliphatic hydroxyl groups excluding tert-OH is 4. The Hall–Kier alpha value is -3.55. The Labute approximate surface area is 268 Å². The molecule has 2 unspecified atom stereocenters. The molecule has 0 saturated heterocycles. The van der Waals surface area contributed by atoms with Gasteiger partial charge in [0.05, 0.1) is 19.1 Å². The number of hydrogen-bond acceptors (Lipinski definition) is 9. The first-order valence-electron chi connectivity index (χ1n) is 15.8. The summed E-state index contributed by atoms with van der Waals surface area (Å²) in [7, 11) is 0. The van der Waals surface area contributed by atoms with Crippen molar-refractivity contribution in [1.29, 1.82) is 0 Å². The van der Waals surface area contributed by atoms with Gasteiger partial charge in [0.25, 0.3) is 0 Å². The number of carbonyl (C=O) groups is 3. The third-order valence-corrected chi connectivity index (χ3v) is 9.46. The predicted octanol–water partition coefficient (Wildman–Crippen LogP) is 1.64. The molecule has 0 aliphatic heterocycles. The van der Waals surface area contributed by atoms with Gasteiger partial charge in [-0.05, 0) is 98.4 Å². The summed E-state index contributed by atoms with van der Waals surface area (Å²) in [5.74, 6) is -0.903. The summed E-state index contributed by atoms with van der Waals surface area (Å²) in [5, 5.41) is 69.0. The zero-order chi connectivity index (χ0) is 33.6. The Morgan fingerprint density at radius 2 is 1.43 bits per heavy atom. The molecule has 4 fully saturated rings. The largest absolute Gasteiger partial charge is 0.508 e. The molecule has 12 heteroatoms. The van der Waals surface area contributed by atoms with Crippen LogP contribution in [0.15, 0.2) is 42.5 Å². The van der Waals surface area contributed by atoms with Crippen molar-refractivity contribution in [3.05, 3.63) is 64.7 Å². The molecule has 0 spiro atoms. The molecule has 2 aromatic carbocycles. The Bertz CT molecular complexity index is 1330. The lowest BCUT2D eigenvalue weighted by molar-refractivity contribution is -0.165. The minimum Gasteiger partial charge on any atom is -0.508 e. The molecule has 252 valence electrons. The van der Waals surface area contributed by atoms with Crippen LogP contribution in [-0.2, 0) is 33.8 Å². The van der Waals surface area contributed by atoms with E-state index in [1.165, 1.54) is 44.6 Å². The molecular weight excluding hydrogens is 596 g/mol. The fraction of sp³-hybridized carbons (Fsp3) is 0.559. The lowest BCUT2D eigenvalue weighted by Gasteiger charge is -2.56. The van der Waals surface area contributed by atoms with Crippen LogP contribution in [0, 0.1) is 17.8 Å². The third-order valence-electron chi connectivity index (χ3n) is 9.46. The average molecular weight is 643 g/mol. The van der Waals surface area contributed by atoms with E-state index < -0.39 is 30.3 Å². The highest BCUT2D eigenvalue weighted by molar-refractivity contribution is 5.83. The van der Waals surface area contributed by atoms with Gasteiger partial charge in [0.2, 0.25) is 5.91 Å². The van der Waals surface area contributed by atoms with Crippen molar-refractivity contribution in [2.24, 2.45) is 17.8 Å². The smallest absolute Gasteiger partial charge is 0.335 e. The summed E-state index contributed by atoms with van der Waals surface area (Å²) in [6.45, 7) is 2.17. The van der Waals surface area contributed by atoms with Crippen LogP contribution in [0.1, 0.15) is 73.8 Å². The maximum Gasteiger partial charge on any atom is 0.335 e. The molecule has 4 saturated carbocycles. The minimum absolute atomic E-state index is 0.0290. The van der Waals surface area contributed by atoms with Gasteiger partial charge in [0.15, 0.2) is 12.2 Å². The molecule has 4 aliphatic carbocycles. The van der Waals surface area contributed by atoms with Crippen LogP contribution >= 0.6 is 0 Å². The SMILES string of the molecule is C[C@H](Cc1cccc(CC(=O)NC23CC4CC(CC(C4)C2)C3)c1)NC[C@H](O)c1ccc(O)c(CO)c1.O=C(O)C(O)C(O)C(=O)O. The van der Waals surface area contributed by atoms with E-state index in [0.717, 1.165) is 35.3 Å². The van der Waals surface area contributed by atoms with Crippen molar-refractivity contribution in [3.63, 3.8) is 0 Å². The summed E-state index contributed by atoms with van der Waals surface area (Å²) in [6.07, 6.45) is 3.57. The summed E-state index contributed by atoms with van der Waals surface area (Å²) >= 11 is 0. The highest BCUT2D eigenvalue weighted by Gasteiger charge is 2.51. The maximum atomic E-state index is 13.0. The second-order valence-electron chi connectivity index (χ2n) is 13.4. The summed E-state index contributed by atoms with van der Waals surface area (Å²) in [4.78, 5) is 32.6. The van der Waals surface area contributed by atoms with Crippen molar-refractivity contribution < 1.29 is 50.1 Å². The molecule has 1 amide bonds. The van der Waals surface area contributed by atoms with Gasteiger partial charge in [-0.25, -0.2) is 9.59 Å². The maximum absolute atomic E-state index is 13.0. The van der Waals surface area contributed by atoms with Crippen LogP contribution in [0.25, 0.3) is 0 Å². The molecule has 12 nitrogen and oxygen atoms in total. The van der Waals surface area contributed by atoms with Gasteiger partial charge >= 0.3 is 11.9 Å². The van der Waals surface area contributed by atoms with E-state index in [1.54, 1.807) is 12.1 Å². The van der Waals surface area contributed by atoms with Gasteiger partial charge in [0, 0.05) is 23.7 Å². The van der Waals surface area contributed by atoms with Gasteiger partial charge in [-0.15, -0.1) is 0 Å². The van der Waals surface area contributed by atoms with Gasteiger partial charge in [-0.1, -0.05) is 30.3 Å². The molecule has 0 radical (unpaired) electrons. The van der Waals surface area contributed by atoms with Gasteiger partial charge in [-0.3, -0.25) is 4.79 Å². The first-order valence-corrected chi connectivity index (χ1v) is 15.8. The van der Waals surface area contributed by atoms with E-state index in [1.807, 2.05) is 12.1 Å². The molecule has 4 aliphatic rings. The lowest BCUT2D eigenvalue weighted by Crippen LogP contribution is -2.60. The van der Waals surface area contributed by atoms with E-state index >= 15 is 0 Å². The highest BCUT2D eigenvalue weighted by atomic mass is 16.4. The number of aromatic hydroxyl groups is 1. The van der Waals surface area contributed by atoms with Crippen molar-refractivity contribution in [3.8, 4) is 5.75 Å². The third kappa shape index (κ3) is 9.26. The molecule has 4 atom stereocenters. The Balaban J connectivity index is 0.000000416. The van der Waals surface area contributed by atoms with Crippen LogP contribution in [0.5, 0.6) is 5.75 Å². The first-order chi connectivity index (χ1) is 21.8.